The van der Waals surface area contributed by atoms with Gasteiger partial charge in [-0.2, -0.15) is 0 Å². The third-order valence-corrected chi connectivity index (χ3v) is 4.86. The molecule has 26 heavy (non-hydrogen) atoms. The van der Waals surface area contributed by atoms with E-state index in [2.05, 4.69) is 21.7 Å². The molecule has 0 saturated heterocycles. The van der Waals surface area contributed by atoms with Crippen molar-refractivity contribution in [2.75, 3.05) is 20.2 Å². The fourth-order valence-corrected chi connectivity index (χ4v) is 3.26. The van der Waals surface area contributed by atoms with Crippen LogP contribution in [0, 0.1) is 0 Å². The summed E-state index contributed by atoms with van der Waals surface area (Å²) in [6, 6.07) is 18.4. The van der Waals surface area contributed by atoms with Crippen LogP contribution in [-0.4, -0.2) is 37.3 Å². The monoisotopic (exact) mass is 485 g/mol. The Kier molecular flexibility index (Phi) is 8.18. The van der Waals surface area contributed by atoms with Gasteiger partial charge in [-0.05, 0) is 29.7 Å². The predicted octanol–water partition coefficient (Wildman–Crippen LogP) is 3.76. The molecule has 0 spiro atoms. The van der Waals surface area contributed by atoms with Crippen molar-refractivity contribution < 1.29 is 5.11 Å². The largest absolute Gasteiger partial charge is 0.396 e. The van der Waals surface area contributed by atoms with Crippen LogP contribution in [0.15, 0.2) is 59.6 Å². The minimum Gasteiger partial charge on any atom is -0.396 e. The lowest BCUT2D eigenvalue weighted by molar-refractivity contribution is 0.265. The molecule has 0 aromatic heterocycles. The number of aliphatic imine (C=N–C) groups is 1. The second-order valence-electron chi connectivity index (χ2n) is 6.39. The zero-order valence-electron chi connectivity index (χ0n) is 14.7. The maximum absolute atomic E-state index is 9.66. The van der Waals surface area contributed by atoms with Crippen molar-refractivity contribution in [2.24, 2.45) is 4.99 Å². The Labute approximate surface area is 177 Å². The van der Waals surface area contributed by atoms with Crippen LogP contribution in [0.3, 0.4) is 0 Å². The van der Waals surface area contributed by atoms with Gasteiger partial charge in [-0.15, -0.1) is 24.0 Å². The molecule has 1 aliphatic rings. The number of guanidine groups is 1. The molecule has 6 heteroatoms. The quantitative estimate of drug-likeness (QED) is 0.332. The summed E-state index contributed by atoms with van der Waals surface area (Å²) in [6.45, 7) is 0.733. The lowest BCUT2D eigenvalue weighted by Gasteiger charge is -2.18. The molecule has 2 aromatic carbocycles. The maximum Gasteiger partial charge on any atom is 0.191 e. The van der Waals surface area contributed by atoms with Gasteiger partial charge >= 0.3 is 0 Å². The summed E-state index contributed by atoms with van der Waals surface area (Å²) in [5.74, 6) is 1.28. The van der Waals surface area contributed by atoms with Crippen molar-refractivity contribution in [2.45, 2.75) is 24.3 Å². The second-order valence-corrected chi connectivity index (χ2v) is 6.83. The first-order chi connectivity index (χ1) is 12.2. The van der Waals surface area contributed by atoms with E-state index in [1.807, 2.05) is 48.5 Å². The van der Waals surface area contributed by atoms with E-state index in [-0.39, 0.29) is 36.5 Å². The molecule has 140 valence electrons. The Morgan fingerprint density at radius 2 is 2.00 bits per heavy atom. The number of aliphatic hydroxyl groups excluding tert-OH is 1. The average molecular weight is 486 g/mol. The van der Waals surface area contributed by atoms with Crippen molar-refractivity contribution in [3.05, 3.63) is 70.7 Å². The predicted molar refractivity (Wildman–Crippen MR) is 119 cm³/mol. The van der Waals surface area contributed by atoms with E-state index in [1.54, 1.807) is 7.05 Å². The van der Waals surface area contributed by atoms with Crippen LogP contribution in [0.2, 0.25) is 5.02 Å². The maximum atomic E-state index is 9.66. The molecule has 2 aromatic rings. The third-order valence-electron chi connectivity index (χ3n) is 4.62. The minimum absolute atomic E-state index is 0. The zero-order chi connectivity index (χ0) is 17.6. The number of rotatable bonds is 6. The van der Waals surface area contributed by atoms with Crippen molar-refractivity contribution in [3.8, 4) is 0 Å². The minimum atomic E-state index is 0. The molecular weight excluding hydrogens is 461 g/mol. The van der Waals surface area contributed by atoms with Gasteiger partial charge in [-0.25, -0.2) is 0 Å². The summed E-state index contributed by atoms with van der Waals surface area (Å²) >= 11 is 6.08. The van der Waals surface area contributed by atoms with Crippen molar-refractivity contribution >= 4 is 41.5 Å². The molecule has 4 nitrogen and oxygen atoms in total. The molecule has 3 unspecified atom stereocenters. The van der Waals surface area contributed by atoms with Crippen LogP contribution in [0.4, 0.5) is 0 Å². The average Bonchev–Trinajstić information content (AvgIpc) is 3.41. The van der Waals surface area contributed by atoms with Gasteiger partial charge in [0.1, 0.15) is 0 Å². The van der Waals surface area contributed by atoms with Crippen molar-refractivity contribution in [1.29, 1.82) is 0 Å². The number of hydrogen-bond donors (Lipinski definition) is 3. The lowest BCUT2D eigenvalue weighted by Crippen LogP contribution is -2.41. The molecule has 0 amide bonds. The topological polar surface area (TPSA) is 56.7 Å². The number of aliphatic hydroxyl groups is 1. The van der Waals surface area contributed by atoms with E-state index in [0.29, 0.717) is 18.5 Å². The van der Waals surface area contributed by atoms with Gasteiger partial charge in [-0.1, -0.05) is 54.1 Å². The molecule has 0 aliphatic heterocycles. The van der Waals surface area contributed by atoms with E-state index in [1.165, 1.54) is 5.56 Å². The molecule has 1 saturated carbocycles. The van der Waals surface area contributed by atoms with Gasteiger partial charge in [0.05, 0.1) is 6.61 Å². The van der Waals surface area contributed by atoms with Gasteiger partial charge in [0.25, 0.3) is 0 Å². The normalized spacial score (nSPS) is 20.0. The van der Waals surface area contributed by atoms with E-state index >= 15 is 0 Å². The van der Waals surface area contributed by atoms with Crippen LogP contribution in [0.5, 0.6) is 0 Å². The molecule has 3 rings (SSSR count). The van der Waals surface area contributed by atoms with Gasteiger partial charge in [0.15, 0.2) is 5.96 Å². The van der Waals surface area contributed by atoms with Gasteiger partial charge in [0, 0.05) is 36.5 Å². The molecule has 3 atom stereocenters. The Hall–Kier alpha value is -1.31. The lowest BCUT2D eigenvalue weighted by atomic mass is 10.0. The molecular formula is C20H25ClIN3O. The summed E-state index contributed by atoms with van der Waals surface area (Å²) in [5, 5.41) is 17.2. The standard InChI is InChI=1S/C20H24ClN3O.HI/c1-22-20(23-12-16(13-25)14-6-3-2-4-7-14)24-19-11-18(19)15-8-5-9-17(21)10-15;/h2-10,16,18-19,25H,11-13H2,1H3,(H2,22,23,24);1H. The Bertz CT molecular complexity index is 726. The highest BCUT2D eigenvalue weighted by atomic mass is 127. The highest BCUT2D eigenvalue weighted by Crippen LogP contribution is 2.41. The Morgan fingerprint density at radius 1 is 1.23 bits per heavy atom. The number of benzene rings is 2. The summed E-state index contributed by atoms with van der Waals surface area (Å²) < 4.78 is 0. The van der Waals surface area contributed by atoms with Crippen LogP contribution in [0.1, 0.15) is 29.4 Å². The highest BCUT2D eigenvalue weighted by molar-refractivity contribution is 14.0. The SMILES string of the molecule is CN=C(NCC(CO)c1ccccc1)NC1CC1c1cccc(Cl)c1.I. The number of nitrogens with one attached hydrogen (secondary N) is 2. The zero-order valence-corrected chi connectivity index (χ0v) is 17.8. The van der Waals surface area contributed by atoms with E-state index in [0.717, 1.165) is 23.0 Å². The smallest absolute Gasteiger partial charge is 0.191 e. The molecule has 0 bridgehead atoms. The first kappa shape index (κ1) is 21.0. The fraction of sp³-hybridized carbons (Fsp3) is 0.350. The molecule has 3 N–H and O–H groups in total. The van der Waals surface area contributed by atoms with Gasteiger partial charge in [-0.3, -0.25) is 4.99 Å². The summed E-state index contributed by atoms with van der Waals surface area (Å²) in [7, 11) is 1.77. The Morgan fingerprint density at radius 3 is 2.65 bits per heavy atom. The molecule has 0 heterocycles. The van der Waals surface area contributed by atoms with Crippen LogP contribution >= 0.6 is 35.6 Å². The van der Waals surface area contributed by atoms with Crippen LogP contribution < -0.4 is 10.6 Å². The first-order valence-corrected chi connectivity index (χ1v) is 8.97. The third kappa shape index (κ3) is 5.59. The molecule has 1 fully saturated rings. The van der Waals surface area contributed by atoms with Crippen molar-refractivity contribution in [3.63, 3.8) is 0 Å². The van der Waals surface area contributed by atoms with E-state index in [4.69, 9.17) is 11.6 Å². The van der Waals surface area contributed by atoms with E-state index < -0.39 is 0 Å². The highest BCUT2D eigenvalue weighted by Gasteiger charge is 2.39. The number of nitrogens with zero attached hydrogens (tertiary/aromatic N) is 1. The van der Waals surface area contributed by atoms with Crippen molar-refractivity contribution in [1.82, 2.24) is 10.6 Å². The number of hydrogen-bond acceptors (Lipinski definition) is 2. The van der Waals surface area contributed by atoms with E-state index in [9.17, 15) is 5.11 Å². The van der Waals surface area contributed by atoms with Gasteiger partial charge < -0.3 is 15.7 Å². The Balaban J connectivity index is 0.00000243. The summed E-state index contributed by atoms with van der Waals surface area (Å²) in [4.78, 5) is 4.30. The van der Waals surface area contributed by atoms with Gasteiger partial charge in [0.2, 0.25) is 0 Å². The second kappa shape index (κ2) is 10.1. The summed E-state index contributed by atoms with van der Waals surface area (Å²) in [5.41, 5.74) is 2.38. The number of halogens is 2. The first-order valence-electron chi connectivity index (χ1n) is 8.59. The molecule has 0 radical (unpaired) electrons. The summed E-state index contributed by atoms with van der Waals surface area (Å²) in [6.07, 6.45) is 1.07. The van der Waals surface area contributed by atoms with Crippen LogP contribution in [0.25, 0.3) is 0 Å². The molecule has 1 aliphatic carbocycles. The van der Waals surface area contributed by atoms with Crippen LogP contribution in [-0.2, 0) is 0 Å². The fourth-order valence-electron chi connectivity index (χ4n) is 3.06.